The number of nitrogens with two attached hydrogens (primary N) is 1. The fraction of sp³-hybridized carbons (Fsp3) is 0.381. The molecule has 0 saturated carbocycles. The summed E-state index contributed by atoms with van der Waals surface area (Å²) in [5.41, 5.74) is 8.74. The molecular weight excluding hydrogens is 446 g/mol. The second kappa shape index (κ2) is 9.33. The van der Waals surface area contributed by atoms with Gasteiger partial charge in [-0.05, 0) is 30.2 Å². The summed E-state index contributed by atoms with van der Waals surface area (Å²) in [6, 6.07) is 9.10. The Hall–Kier alpha value is -3.22. The minimum atomic E-state index is -3.64. The van der Waals surface area contributed by atoms with Crippen LogP contribution in [-0.2, 0) is 21.4 Å². The second-order valence-corrected chi connectivity index (χ2v) is 9.88. The average molecular weight is 474 g/mol. The molecule has 1 aliphatic rings. The van der Waals surface area contributed by atoms with Crippen LogP contribution in [0.3, 0.4) is 0 Å². The van der Waals surface area contributed by atoms with E-state index in [4.69, 9.17) is 10.5 Å². The number of benzene rings is 1. The normalized spacial score (nSPS) is 19.4. The van der Waals surface area contributed by atoms with Crippen LogP contribution in [0.4, 0.5) is 11.5 Å². The van der Waals surface area contributed by atoms with E-state index in [1.165, 1.54) is 6.33 Å². The molecule has 3 heterocycles. The van der Waals surface area contributed by atoms with E-state index >= 15 is 0 Å². The van der Waals surface area contributed by atoms with E-state index in [1.54, 1.807) is 11.6 Å². The summed E-state index contributed by atoms with van der Waals surface area (Å²) in [5.74, 6) is 0.176. The summed E-state index contributed by atoms with van der Waals surface area (Å²) in [7, 11) is -2.03. The Kier molecular flexibility index (Phi) is 6.49. The van der Waals surface area contributed by atoms with Crippen LogP contribution in [0.1, 0.15) is 12.0 Å². The van der Waals surface area contributed by atoms with Crippen LogP contribution in [0, 0.1) is 5.92 Å². The molecule has 1 fully saturated rings. The number of hydrogen-bond donors (Lipinski definition) is 3. The number of nitrogens with one attached hydrogen (secondary N) is 2. The summed E-state index contributed by atoms with van der Waals surface area (Å²) in [6.07, 6.45) is 4.87. The van der Waals surface area contributed by atoms with Gasteiger partial charge in [0.1, 0.15) is 17.6 Å². The van der Waals surface area contributed by atoms with Crippen LogP contribution < -0.4 is 20.5 Å². The van der Waals surface area contributed by atoms with E-state index in [2.05, 4.69) is 25.0 Å². The van der Waals surface area contributed by atoms with Crippen molar-refractivity contribution in [1.82, 2.24) is 24.2 Å². The van der Waals surface area contributed by atoms with Gasteiger partial charge in [0.2, 0.25) is 15.9 Å². The van der Waals surface area contributed by atoms with E-state index < -0.39 is 27.9 Å². The number of sulfonamides is 1. The average Bonchev–Trinajstić information content (AvgIpc) is 3.18. The predicted molar refractivity (Wildman–Crippen MR) is 124 cm³/mol. The molecule has 176 valence electrons. The van der Waals surface area contributed by atoms with Crippen molar-refractivity contribution in [3.8, 4) is 5.75 Å². The van der Waals surface area contributed by atoms with E-state index in [9.17, 15) is 13.2 Å². The Bertz CT molecular complexity index is 1260. The van der Waals surface area contributed by atoms with Crippen LogP contribution >= 0.6 is 0 Å². The first-order chi connectivity index (χ1) is 15.7. The lowest BCUT2D eigenvalue weighted by Gasteiger charge is -2.35. The largest absolute Gasteiger partial charge is 0.497 e. The van der Waals surface area contributed by atoms with Crippen molar-refractivity contribution in [2.75, 3.05) is 31.8 Å². The van der Waals surface area contributed by atoms with Crippen LogP contribution in [0.25, 0.3) is 5.52 Å². The van der Waals surface area contributed by atoms with Gasteiger partial charge in [-0.1, -0.05) is 6.07 Å². The molecule has 1 amide bonds. The minimum absolute atomic E-state index is 0.353. The van der Waals surface area contributed by atoms with Gasteiger partial charge >= 0.3 is 0 Å². The quantitative estimate of drug-likeness (QED) is 0.452. The number of hydrogen-bond acceptors (Lipinski definition) is 9. The number of carbonyl (C=O) groups is 1. The first-order valence-electron chi connectivity index (χ1n) is 10.5. The van der Waals surface area contributed by atoms with E-state index in [1.807, 2.05) is 36.5 Å². The highest BCUT2D eigenvalue weighted by Crippen LogP contribution is 2.27. The van der Waals surface area contributed by atoms with Crippen molar-refractivity contribution in [1.29, 1.82) is 0 Å². The Morgan fingerprint density at radius 2 is 2.15 bits per heavy atom. The maximum absolute atomic E-state index is 12.5. The molecule has 4 rings (SSSR count). The summed E-state index contributed by atoms with van der Waals surface area (Å²) in [4.78, 5) is 19.0. The molecule has 0 bridgehead atoms. The summed E-state index contributed by atoms with van der Waals surface area (Å²) < 4.78 is 32.1. The SMILES string of the molecule is COc1cccc(Nc2ncnn3ccc(CN4CC[C@H](N)[C@H](C(=O)NS(C)(=O)=O)C4)c23)c1. The summed E-state index contributed by atoms with van der Waals surface area (Å²) in [6.45, 7) is 1.58. The number of carbonyl (C=O) groups excluding carboxylic acids is 1. The monoisotopic (exact) mass is 473 g/mol. The highest BCUT2D eigenvalue weighted by atomic mass is 32.2. The van der Waals surface area contributed by atoms with Gasteiger partial charge in [-0.3, -0.25) is 14.4 Å². The van der Waals surface area contributed by atoms with Gasteiger partial charge in [-0.2, -0.15) is 5.10 Å². The lowest BCUT2D eigenvalue weighted by molar-refractivity contribution is -0.125. The zero-order chi connectivity index (χ0) is 23.6. The first-order valence-corrected chi connectivity index (χ1v) is 12.3. The van der Waals surface area contributed by atoms with Crippen molar-refractivity contribution >= 4 is 33.0 Å². The number of piperidine rings is 1. The number of amides is 1. The molecule has 0 radical (unpaired) electrons. The van der Waals surface area contributed by atoms with Crippen LogP contribution in [0.5, 0.6) is 5.75 Å². The van der Waals surface area contributed by atoms with Crippen molar-refractivity contribution in [2.24, 2.45) is 11.7 Å². The zero-order valence-corrected chi connectivity index (χ0v) is 19.2. The number of ether oxygens (including phenoxy) is 1. The zero-order valence-electron chi connectivity index (χ0n) is 18.4. The Morgan fingerprint density at radius 1 is 1.33 bits per heavy atom. The number of anilines is 2. The van der Waals surface area contributed by atoms with Gasteiger partial charge in [0, 0.05) is 43.6 Å². The third kappa shape index (κ3) is 5.41. The fourth-order valence-electron chi connectivity index (χ4n) is 4.03. The van der Waals surface area contributed by atoms with Crippen molar-refractivity contribution < 1.29 is 17.9 Å². The molecule has 33 heavy (non-hydrogen) atoms. The number of likely N-dealkylation sites (tertiary alicyclic amines) is 1. The Balaban J connectivity index is 1.56. The predicted octanol–water partition coefficient (Wildman–Crippen LogP) is 0.707. The standard InChI is InChI=1S/C21H27N7O4S/c1-32-16-5-3-4-15(10-16)25-20-19-14(6-9-28(19)24-13-23-20)11-27-8-7-18(22)17(12-27)21(29)26-33(2,30)31/h3-6,9-10,13,17-18H,7-8,11-12,22H2,1-2H3,(H,26,29)(H,23,24,25)/t17-,18+/m1/s1. The minimum Gasteiger partial charge on any atom is -0.497 e. The fourth-order valence-corrected chi connectivity index (χ4v) is 4.55. The van der Waals surface area contributed by atoms with Crippen molar-refractivity contribution in [2.45, 2.75) is 19.0 Å². The molecule has 0 unspecified atom stereocenters. The molecule has 2 aromatic heterocycles. The third-order valence-corrected chi connectivity index (χ3v) is 6.21. The van der Waals surface area contributed by atoms with Gasteiger partial charge in [0.05, 0.1) is 19.3 Å². The van der Waals surface area contributed by atoms with E-state index in [0.717, 1.165) is 28.8 Å². The summed E-state index contributed by atoms with van der Waals surface area (Å²) in [5, 5.41) is 7.62. The van der Waals surface area contributed by atoms with E-state index in [-0.39, 0.29) is 0 Å². The molecule has 12 heteroatoms. The second-order valence-electron chi connectivity index (χ2n) is 8.13. The molecule has 2 atom stereocenters. The van der Waals surface area contributed by atoms with Gasteiger partial charge in [-0.15, -0.1) is 0 Å². The lowest BCUT2D eigenvalue weighted by atomic mass is 9.92. The highest BCUT2D eigenvalue weighted by Gasteiger charge is 2.33. The Morgan fingerprint density at radius 3 is 2.91 bits per heavy atom. The van der Waals surface area contributed by atoms with Crippen LogP contribution in [-0.4, -0.2) is 66.3 Å². The molecule has 1 saturated heterocycles. The smallest absolute Gasteiger partial charge is 0.239 e. The lowest BCUT2D eigenvalue weighted by Crippen LogP contribution is -2.53. The Labute approximate surface area is 192 Å². The molecule has 1 aromatic carbocycles. The van der Waals surface area contributed by atoms with Gasteiger partial charge in [0.25, 0.3) is 0 Å². The maximum atomic E-state index is 12.5. The topological polar surface area (TPSA) is 144 Å². The van der Waals surface area contributed by atoms with Crippen LogP contribution in [0.15, 0.2) is 42.9 Å². The van der Waals surface area contributed by atoms with Gasteiger partial charge < -0.3 is 15.8 Å². The molecule has 0 aliphatic carbocycles. The number of aromatic nitrogens is 3. The van der Waals surface area contributed by atoms with Crippen molar-refractivity contribution in [3.05, 3.63) is 48.4 Å². The number of rotatable bonds is 7. The van der Waals surface area contributed by atoms with Gasteiger partial charge in [-0.25, -0.2) is 17.9 Å². The van der Waals surface area contributed by atoms with Crippen LogP contribution in [0.2, 0.25) is 0 Å². The third-order valence-electron chi connectivity index (χ3n) is 5.64. The molecular formula is C21H27N7O4S. The van der Waals surface area contributed by atoms with Crippen molar-refractivity contribution in [3.63, 3.8) is 0 Å². The molecule has 0 spiro atoms. The highest BCUT2D eigenvalue weighted by molar-refractivity contribution is 7.89. The summed E-state index contributed by atoms with van der Waals surface area (Å²) >= 11 is 0. The number of nitrogens with zero attached hydrogens (tertiary/aromatic N) is 4. The molecule has 3 aromatic rings. The number of methoxy groups -OCH3 is 1. The maximum Gasteiger partial charge on any atom is 0.239 e. The van der Waals surface area contributed by atoms with Gasteiger partial charge in [0.15, 0.2) is 5.82 Å². The molecule has 4 N–H and O–H groups in total. The number of fused-ring (bicyclic) bond motifs is 1. The first kappa shape index (κ1) is 23.0. The molecule has 1 aliphatic heterocycles. The molecule has 11 nitrogen and oxygen atoms in total. The van der Waals surface area contributed by atoms with E-state index in [0.29, 0.717) is 31.9 Å².